The Hall–Kier alpha value is -0.520. The van der Waals surface area contributed by atoms with Crippen molar-refractivity contribution < 1.29 is 0 Å². The predicted molar refractivity (Wildman–Crippen MR) is 41.8 cm³/mol. The maximum Gasteiger partial charge on any atom is -0.0103 e. The molecule has 0 heteroatoms. The van der Waals surface area contributed by atoms with Crippen LogP contribution in [0.15, 0.2) is 22.3 Å². The van der Waals surface area contributed by atoms with E-state index in [4.69, 9.17) is 0 Å². The molecule has 0 fully saturated rings. The molecule has 0 spiro atoms. The average Bonchev–Trinajstić information content (AvgIpc) is 1.82. The van der Waals surface area contributed by atoms with Crippen LogP contribution in [-0.2, 0) is 0 Å². The van der Waals surface area contributed by atoms with Crippen LogP contribution in [0.5, 0.6) is 0 Å². The van der Waals surface area contributed by atoms with Gasteiger partial charge in [-0.2, -0.15) is 0 Å². The zero-order chi connectivity index (χ0) is 6.55. The molecule has 10 heavy (non-hydrogen) atoms. The minimum Gasteiger partial charge on any atom is -0.0663 e. The molecular formula is C10H12. The Bertz CT molecular complexity index is 201. The van der Waals surface area contributed by atoms with Gasteiger partial charge in [0.2, 0.25) is 0 Å². The Morgan fingerprint density at radius 2 is 0.800 bits per heavy atom. The third-order valence-corrected chi connectivity index (χ3v) is 3.31. The van der Waals surface area contributed by atoms with E-state index in [9.17, 15) is 0 Å². The van der Waals surface area contributed by atoms with Crippen molar-refractivity contribution >= 4 is 0 Å². The molecule has 0 saturated heterocycles. The SMILES string of the molecule is C1CC2=C1CC1=C(CC1)C2. The van der Waals surface area contributed by atoms with Gasteiger partial charge in [0.15, 0.2) is 0 Å². The van der Waals surface area contributed by atoms with Gasteiger partial charge in [-0.3, -0.25) is 0 Å². The van der Waals surface area contributed by atoms with E-state index in [2.05, 4.69) is 0 Å². The van der Waals surface area contributed by atoms with E-state index in [0.29, 0.717) is 0 Å². The lowest BCUT2D eigenvalue weighted by molar-refractivity contribution is 0.618. The van der Waals surface area contributed by atoms with Gasteiger partial charge < -0.3 is 0 Å². The highest BCUT2D eigenvalue weighted by molar-refractivity contribution is 5.43. The van der Waals surface area contributed by atoms with Crippen molar-refractivity contribution in [3.8, 4) is 0 Å². The first kappa shape index (κ1) is 5.17. The summed E-state index contributed by atoms with van der Waals surface area (Å²) in [6, 6.07) is 0. The summed E-state index contributed by atoms with van der Waals surface area (Å²) in [5.74, 6) is 0. The van der Waals surface area contributed by atoms with Crippen molar-refractivity contribution in [1.82, 2.24) is 0 Å². The smallest absolute Gasteiger partial charge is 0.0103 e. The standard InChI is InChI=1S/C10H12/c1-2-8-6-10-4-3-9(10)5-7(1)8/h1-6H2. The summed E-state index contributed by atoms with van der Waals surface area (Å²) in [6.45, 7) is 0. The maximum atomic E-state index is 1.80. The first-order valence-electron chi connectivity index (χ1n) is 4.33. The van der Waals surface area contributed by atoms with E-state index in [1.165, 1.54) is 38.5 Å². The molecule has 0 aromatic carbocycles. The zero-order valence-electron chi connectivity index (χ0n) is 6.24. The van der Waals surface area contributed by atoms with E-state index in [1.54, 1.807) is 22.3 Å². The second-order valence-electron chi connectivity index (χ2n) is 3.77. The molecule has 0 saturated carbocycles. The van der Waals surface area contributed by atoms with Crippen LogP contribution in [0.25, 0.3) is 0 Å². The third kappa shape index (κ3) is 0.484. The Labute approximate surface area is 61.6 Å². The van der Waals surface area contributed by atoms with Gasteiger partial charge >= 0.3 is 0 Å². The zero-order valence-corrected chi connectivity index (χ0v) is 6.24. The maximum absolute atomic E-state index is 1.80. The fraction of sp³-hybridized carbons (Fsp3) is 0.600. The van der Waals surface area contributed by atoms with Gasteiger partial charge in [-0.1, -0.05) is 22.3 Å². The molecule has 0 radical (unpaired) electrons. The van der Waals surface area contributed by atoms with E-state index in [1.807, 2.05) is 0 Å². The van der Waals surface area contributed by atoms with Crippen LogP contribution in [0.2, 0.25) is 0 Å². The molecule has 0 aromatic rings. The summed E-state index contributed by atoms with van der Waals surface area (Å²) < 4.78 is 0. The largest absolute Gasteiger partial charge is 0.0663 e. The fourth-order valence-electron chi connectivity index (χ4n) is 2.33. The Morgan fingerprint density at radius 3 is 1.00 bits per heavy atom. The second kappa shape index (κ2) is 1.55. The van der Waals surface area contributed by atoms with Gasteiger partial charge in [-0.15, -0.1) is 0 Å². The van der Waals surface area contributed by atoms with Crippen molar-refractivity contribution in [1.29, 1.82) is 0 Å². The molecular weight excluding hydrogens is 120 g/mol. The molecule has 0 heterocycles. The molecule has 0 nitrogen and oxygen atoms in total. The molecule has 52 valence electrons. The summed E-state index contributed by atoms with van der Waals surface area (Å²) in [5.41, 5.74) is 7.22. The summed E-state index contributed by atoms with van der Waals surface area (Å²) in [5, 5.41) is 0. The number of allylic oxidation sites excluding steroid dienone is 4. The Balaban J connectivity index is 1.97. The molecule has 0 unspecified atom stereocenters. The molecule has 0 bridgehead atoms. The molecule has 0 aromatic heterocycles. The first-order valence-corrected chi connectivity index (χ1v) is 4.33. The highest BCUT2D eigenvalue weighted by Gasteiger charge is 2.29. The monoisotopic (exact) mass is 132 g/mol. The third-order valence-electron chi connectivity index (χ3n) is 3.31. The summed E-state index contributed by atoms with van der Waals surface area (Å²) in [6.07, 6.45) is 8.45. The van der Waals surface area contributed by atoms with Crippen LogP contribution in [0.4, 0.5) is 0 Å². The molecule has 3 aliphatic rings. The highest BCUT2D eigenvalue weighted by atomic mass is 14.3. The first-order chi connectivity index (χ1) is 4.93. The van der Waals surface area contributed by atoms with Crippen LogP contribution < -0.4 is 0 Å². The van der Waals surface area contributed by atoms with Gasteiger partial charge in [0.1, 0.15) is 0 Å². The van der Waals surface area contributed by atoms with Crippen molar-refractivity contribution in [3.05, 3.63) is 22.3 Å². The van der Waals surface area contributed by atoms with Crippen LogP contribution >= 0.6 is 0 Å². The minimum absolute atomic E-state index is 1.38. The quantitative estimate of drug-likeness (QED) is 0.444. The van der Waals surface area contributed by atoms with E-state index < -0.39 is 0 Å². The van der Waals surface area contributed by atoms with Crippen LogP contribution in [0, 0.1) is 0 Å². The summed E-state index contributed by atoms with van der Waals surface area (Å²) in [4.78, 5) is 0. The average molecular weight is 132 g/mol. The topological polar surface area (TPSA) is 0 Å². The number of hydrogen-bond acceptors (Lipinski definition) is 0. The Kier molecular flexibility index (Phi) is 0.803. The molecule has 0 amide bonds. The van der Waals surface area contributed by atoms with Crippen LogP contribution in [-0.4, -0.2) is 0 Å². The Morgan fingerprint density at radius 1 is 0.500 bits per heavy atom. The lowest BCUT2D eigenvalue weighted by Gasteiger charge is -2.37. The molecule has 0 N–H and O–H groups in total. The minimum atomic E-state index is 1.38. The van der Waals surface area contributed by atoms with E-state index >= 15 is 0 Å². The van der Waals surface area contributed by atoms with Crippen molar-refractivity contribution in [2.75, 3.05) is 0 Å². The van der Waals surface area contributed by atoms with E-state index in [-0.39, 0.29) is 0 Å². The summed E-state index contributed by atoms with van der Waals surface area (Å²) >= 11 is 0. The number of hydrogen-bond donors (Lipinski definition) is 0. The highest BCUT2D eigenvalue weighted by Crippen LogP contribution is 2.48. The molecule has 0 aliphatic heterocycles. The van der Waals surface area contributed by atoms with Gasteiger partial charge in [-0.25, -0.2) is 0 Å². The molecule has 0 atom stereocenters. The summed E-state index contributed by atoms with van der Waals surface area (Å²) in [7, 11) is 0. The van der Waals surface area contributed by atoms with Crippen LogP contribution in [0.3, 0.4) is 0 Å². The predicted octanol–water partition coefficient (Wildman–Crippen LogP) is 2.96. The fourth-order valence-corrected chi connectivity index (χ4v) is 2.33. The normalized spacial score (nSPS) is 28.8. The lowest BCUT2D eigenvalue weighted by atomic mass is 9.69. The lowest BCUT2D eigenvalue weighted by Crippen LogP contribution is -2.17. The molecule has 3 rings (SSSR count). The van der Waals surface area contributed by atoms with Crippen LogP contribution in [0.1, 0.15) is 38.5 Å². The second-order valence-corrected chi connectivity index (χ2v) is 3.77. The van der Waals surface area contributed by atoms with Gasteiger partial charge in [0.25, 0.3) is 0 Å². The number of rotatable bonds is 0. The van der Waals surface area contributed by atoms with Gasteiger partial charge in [0, 0.05) is 0 Å². The molecule has 3 aliphatic carbocycles. The van der Waals surface area contributed by atoms with Crippen molar-refractivity contribution in [2.45, 2.75) is 38.5 Å². The van der Waals surface area contributed by atoms with E-state index in [0.717, 1.165) is 0 Å². The van der Waals surface area contributed by atoms with Gasteiger partial charge in [-0.05, 0) is 38.5 Å². The van der Waals surface area contributed by atoms with Crippen molar-refractivity contribution in [3.63, 3.8) is 0 Å². The van der Waals surface area contributed by atoms with Gasteiger partial charge in [0.05, 0.1) is 0 Å². The van der Waals surface area contributed by atoms with Crippen molar-refractivity contribution in [2.24, 2.45) is 0 Å².